The van der Waals surface area contributed by atoms with Gasteiger partial charge in [-0.05, 0) is 19.4 Å². The lowest BCUT2D eigenvalue weighted by molar-refractivity contribution is -0.125. The first kappa shape index (κ1) is 13.0. The molecule has 0 aromatic carbocycles. The van der Waals surface area contributed by atoms with Gasteiger partial charge in [-0.1, -0.05) is 13.8 Å². The molecule has 92 valence electrons. The van der Waals surface area contributed by atoms with Crippen LogP contribution in [0.25, 0.3) is 0 Å². The first-order chi connectivity index (χ1) is 7.60. The maximum atomic E-state index is 11.6. The van der Waals surface area contributed by atoms with E-state index in [-0.39, 0.29) is 24.5 Å². The summed E-state index contributed by atoms with van der Waals surface area (Å²) in [4.78, 5) is 26.0. The quantitative estimate of drug-likeness (QED) is 0.678. The van der Waals surface area contributed by atoms with Crippen LogP contribution in [0.5, 0.6) is 0 Å². The summed E-state index contributed by atoms with van der Waals surface area (Å²) in [5.41, 5.74) is 0. The average molecular weight is 227 g/mol. The number of nitrogens with one attached hydrogen (secondary N) is 1. The summed E-state index contributed by atoms with van der Waals surface area (Å²) in [6.45, 7) is 5.77. The first-order valence-corrected chi connectivity index (χ1v) is 5.89. The van der Waals surface area contributed by atoms with Crippen LogP contribution >= 0.6 is 0 Å². The highest BCUT2D eigenvalue weighted by Gasteiger charge is 2.34. The molecule has 1 fully saturated rings. The van der Waals surface area contributed by atoms with Crippen molar-refractivity contribution >= 4 is 11.9 Å². The van der Waals surface area contributed by atoms with Gasteiger partial charge in [-0.3, -0.25) is 9.69 Å². The molecule has 0 radical (unpaired) electrons. The SMILES string of the molecule is CCCNC(CC)CN1C(=O)CN(C)C1=O. The molecule has 1 N–H and O–H groups in total. The maximum absolute atomic E-state index is 11.6. The third-order valence-electron chi connectivity index (χ3n) is 2.81. The molecule has 3 amide bonds. The number of likely N-dealkylation sites (N-methyl/N-ethyl adjacent to an activating group) is 1. The van der Waals surface area contributed by atoms with Crippen molar-refractivity contribution in [2.75, 3.05) is 26.7 Å². The Labute approximate surface area is 96.8 Å². The second-order valence-corrected chi connectivity index (χ2v) is 4.20. The minimum Gasteiger partial charge on any atom is -0.318 e. The van der Waals surface area contributed by atoms with Gasteiger partial charge in [0.1, 0.15) is 6.54 Å². The molecule has 1 heterocycles. The predicted molar refractivity (Wildman–Crippen MR) is 62.1 cm³/mol. The van der Waals surface area contributed by atoms with Crippen molar-refractivity contribution in [1.82, 2.24) is 15.1 Å². The Morgan fingerprint density at radius 1 is 1.38 bits per heavy atom. The van der Waals surface area contributed by atoms with Gasteiger partial charge in [0, 0.05) is 19.6 Å². The lowest BCUT2D eigenvalue weighted by atomic mass is 10.2. The smallest absolute Gasteiger partial charge is 0.318 e. The molecule has 16 heavy (non-hydrogen) atoms. The molecule has 1 aliphatic rings. The second kappa shape index (κ2) is 5.84. The van der Waals surface area contributed by atoms with Crippen LogP contribution in [0.15, 0.2) is 0 Å². The van der Waals surface area contributed by atoms with Crippen LogP contribution in [0.2, 0.25) is 0 Å². The van der Waals surface area contributed by atoms with Crippen LogP contribution in [-0.4, -0.2) is 54.5 Å². The van der Waals surface area contributed by atoms with Gasteiger partial charge < -0.3 is 10.2 Å². The number of nitrogens with zero attached hydrogens (tertiary/aromatic N) is 2. The summed E-state index contributed by atoms with van der Waals surface area (Å²) < 4.78 is 0. The Kier molecular flexibility index (Phi) is 4.73. The zero-order chi connectivity index (χ0) is 12.1. The first-order valence-electron chi connectivity index (χ1n) is 5.89. The van der Waals surface area contributed by atoms with Crippen LogP contribution in [0.4, 0.5) is 4.79 Å². The van der Waals surface area contributed by atoms with Crippen LogP contribution < -0.4 is 5.32 Å². The lowest BCUT2D eigenvalue weighted by Gasteiger charge is -2.22. The largest absolute Gasteiger partial charge is 0.327 e. The van der Waals surface area contributed by atoms with Crippen LogP contribution in [-0.2, 0) is 4.79 Å². The molecular formula is C11H21N3O2. The Morgan fingerprint density at radius 2 is 2.06 bits per heavy atom. The summed E-state index contributed by atoms with van der Waals surface area (Å²) in [5.74, 6) is -0.0933. The van der Waals surface area contributed by atoms with E-state index in [2.05, 4.69) is 19.2 Å². The van der Waals surface area contributed by atoms with E-state index in [1.165, 1.54) is 9.80 Å². The number of amides is 3. The van der Waals surface area contributed by atoms with E-state index in [1.807, 2.05) is 0 Å². The van der Waals surface area contributed by atoms with Gasteiger partial charge in [0.2, 0.25) is 5.91 Å². The molecule has 1 unspecified atom stereocenters. The molecule has 5 nitrogen and oxygen atoms in total. The number of imide groups is 1. The Morgan fingerprint density at radius 3 is 2.50 bits per heavy atom. The molecule has 1 rings (SSSR count). The number of rotatable bonds is 6. The van der Waals surface area contributed by atoms with E-state index in [1.54, 1.807) is 7.05 Å². The predicted octanol–water partition coefficient (Wildman–Crippen LogP) is 0.659. The van der Waals surface area contributed by atoms with Crippen molar-refractivity contribution in [3.8, 4) is 0 Å². The topological polar surface area (TPSA) is 52.7 Å². The summed E-state index contributed by atoms with van der Waals surface area (Å²) in [5, 5.41) is 3.34. The Hall–Kier alpha value is -1.10. The van der Waals surface area contributed by atoms with E-state index in [4.69, 9.17) is 0 Å². The second-order valence-electron chi connectivity index (χ2n) is 4.20. The molecule has 0 bridgehead atoms. The third-order valence-corrected chi connectivity index (χ3v) is 2.81. The normalized spacial score (nSPS) is 18.4. The molecule has 0 aromatic rings. The Bertz CT molecular complexity index is 268. The summed E-state index contributed by atoms with van der Waals surface area (Å²) in [6, 6.07) is 0.0288. The molecule has 0 aliphatic carbocycles. The highest BCUT2D eigenvalue weighted by atomic mass is 16.2. The number of hydrogen-bond donors (Lipinski definition) is 1. The van der Waals surface area contributed by atoms with E-state index in [0.717, 1.165) is 19.4 Å². The highest BCUT2D eigenvalue weighted by Crippen LogP contribution is 2.09. The Balaban J connectivity index is 2.51. The zero-order valence-corrected chi connectivity index (χ0v) is 10.3. The molecule has 0 aromatic heterocycles. The van der Waals surface area contributed by atoms with Gasteiger partial charge in [0.15, 0.2) is 0 Å². The average Bonchev–Trinajstić information content (AvgIpc) is 2.50. The fourth-order valence-electron chi connectivity index (χ4n) is 1.76. The van der Waals surface area contributed by atoms with Crippen molar-refractivity contribution in [1.29, 1.82) is 0 Å². The molecule has 1 atom stereocenters. The molecule has 0 saturated carbocycles. The van der Waals surface area contributed by atoms with E-state index in [9.17, 15) is 9.59 Å². The van der Waals surface area contributed by atoms with E-state index in [0.29, 0.717) is 6.54 Å². The molecule has 5 heteroatoms. The fourth-order valence-corrected chi connectivity index (χ4v) is 1.76. The molecular weight excluding hydrogens is 206 g/mol. The minimum atomic E-state index is -0.179. The van der Waals surface area contributed by atoms with E-state index < -0.39 is 0 Å². The van der Waals surface area contributed by atoms with Crippen LogP contribution in [0.3, 0.4) is 0 Å². The van der Waals surface area contributed by atoms with Gasteiger partial charge in [0.05, 0.1) is 0 Å². The summed E-state index contributed by atoms with van der Waals surface area (Å²) >= 11 is 0. The van der Waals surface area contributed by atoms with Crippen LogP contribution in [0, 0.1) is 0 Å². The van der Waals surface area contributed by atoms with Gasteiger partial charge >= 0.3 is 6.03 Å². The van der Waals surface area contributed by atoms with E-state index >= 15 is 0 Å². The number of urea groups is 1. The summed E-state index contributed by atoms with van der Waals surface area (Å²) in [7, 11) is 1.65. The van der Waals surface area contributed by atoms with Gasteiger partial charge in [0.25, 0.3) is 0 Å². The molecule has 1 saturated heterocycles. The van der Waals surface area contributed by atoms with Gasteiger partial charge in [-0.2, -0.15) is 0 Å². The van der Waals surface area contributed by atoms with Crippen molar-refractivity contribution in [3.63, 3.8) is 0 Å². The van der Waals surface area contributed by atoms with Crippen molar-refractivity contribution in [2.45, 2.75) is 32.7 Å². The van der Waals surface area contributed by atoms with Crippen molar-refractivity contribution in [3.05, 3.63) is 0 Å². The van der Waals surface area contributed by atoms with Gasteiger partial charge in [-0.15, -0.1) is 0 Å². The lowest BCUT2D eigenvalue weighted by Crippen LogP contribution is -2.44. The maximum Gasteiger partial charge on any atom is 0.327 e. The van der Waals surface area contributed by atoms with Gasteiger partial charge in [-0.25, -0.2) is 4.79 Å². The standard InChI is InChI=1S/C11H21N3O2/c1-4-6-12-9(5-2)7-14-10(15)8-13(3)11(14)16/h9,12H,4-8H2,1-3H3. The third kappa shape index (κ3) is 2.95. The van der Waals surface area contributed by atoms with Crippen molar-refractivity contribution < 1.29 is 9.59 Å². The number of hydrogen-bond acceptors (Lipinski definition) is 3. The minimum absolute atomic E-state index is 0.0933. The molecule has 0 spiro atoms. The number of carbonyl (C=O) groups excluding carboxylic acids is 2. The monoisotopic (exact) mass is 227 g/mol. The van der Waals surface area contributed by atoms with Crippen LogP contribution in [0.1, 0.15) is 26.7 Å². The summed E-state index contributed by atoms with van der Waals surface area (Å²) in [6.07, 6.45) is 1.97. The molecule has 1 aliphatic heterocycles. The highest BCUT2D eigenvalue weighted by molar-refractivity contribution is 6.01. The van der Waals surface area contributed by atoms with Crippen molar-refractivity contribution in [2.24, 2.45) is 0 Å². The fraction of sp³-hybridized carbons (Fsp3) is 0.818. The number of carbonyl (C=O) groups is 2. The zero-order valence-electron chi connectivity index (χ0n) is 10.3.